The molecule has 2 rings (SSSR count). The molecule has 2 nitrogen and oxygen atoms in total. The van der Waals surface area contributed by atoms with Gasteiger partial charge in [-0.2, -0.15) is 0 Å². The fourth-order valence-corrected chi connectivity index (χ4v) is 3.54. The average Bonchev–Trinajstić information content (AvgIpc) is 2.96. The first kappa shape index (κ1) is 16.5. The molecule has 1 aromatic carbocycles. The lowest BCUT2D eigenvalue weighted by atomic mass is 9.95. The highest BCUT2D eigenvalue weighted by molar-refractivity contribution is 5.24. The van der Waals surface area contributed by atoms with Crippen LogP contribution in [0, 0.1) is 0 Å². The van der Waals surface area contributed by atoms with Crippen molar-refractivity contribution in [1.29, 1.82) is 0 Å². The molecule has 118 valence electrons. The molecule has 1 aromatic rings. The Morgan fingerprint density at radius 3 is 2.29 bits per heavy atom. The summed E-state index contributed by atoms with van der Waals surface area (Å²) in [7, 11) is 4.47. The van der Waals surface area contributed by atoms with Gasteiger partial charge in [0, 0.05) is 18.1 Å². The maximum absolute atomic E-state index is 3.77. The van der Waals surface area contributed by atoms with Crippen LogP contribution in [0.2, 0.25) is 0 Å². The molecule has 1 saturated carbocycles. The Hall–Kier alpha value is -0.860. The monoisotopic (exact) mass is 288 g/mol. The van der Waals surface area contributed by atoms with Crippen molar-refractivity contribution in [3.8, 4) is 0 Å². The number of nitrogens with one attached hydrogen (secondary N) is 1. The third-order valence-corrected chi connectivity index (χ3v) is 5.24. The van der Waals surface area contributed by atoms with Crippen molar-refractivity contribution < 1.29 is 0 Å². The normalized spacial score (nSPS) is 19.1. The van der Waals surface area contributed by atoms with Crippen LogP contribution in [0.4, 0.5) is 0 Å². The van der Waals surface area contributed by atoms with E-state index in [-0.39, 0.29) is 0 Å². The summed E-state index contributed by atoms with van der Waals surface area (Å²) < 4.78 is 0. The molecule has 0 amide bonds. The van der Waals surface area contributed by atoms with Gasteiger partial charge in [-0.3, -0.25) is 0 Å². The van der Waals surface area contributed by atoms with E-state index in [9.17, 15) is 0 Å². The number of hydrogen-bond acceptors (Lipinski definition) is 2. The average molecular weight is 288 g/mol. The van der Waals surface area contributed by atoms with Crippen LogP contribution in [0.5, 0.6) is 0 Å². The first-order valence-electron chi connectivity index (χ1n) is 8.57. The standard InChI is InChI=1S/C19H32N2/c1-5-8-17-9-11-18(12-10-17)16(2)20-15-19(21(3)4)13-6-7-14-19/h9-12,16,20H,5-8,13-15H2,1-4H3. The summed E-state index contributed by atoms with van der Waals surface area (Å²) in [6.45, 7) is 5.62. The van der Waals surface area contributed by atoms with Gasteiger partial charge in [0.15, 0.2) is 0 Å². The number of hydrogen-bond donors (Lipinski definition) is 1. The predicted octanol–water partition coefficient (Wildman–Crippen LogP) is 4.16. The molecule has 0 radical (unpaired) electrons. The summed E-state index contributed by atoms with van der Waals surface area (Å²) in [4.78, 5) is 2.43. The van der Waals surface area contributed by atoms with Gasteiger partial charge in [0.25, 0.3) is 0 Å². The number of benzene rings is 1. The summed E-state index contributed by atoms with van der Waals surface area (Å²) in [6, 6.07) is 9.58. The molecule has 1 atom stereocenters. The van der Waals surface area contributed by atoms with E-state index in [1.165, 1.54) is 49.7 Å². The Balaban J connectivity index is 1.93. The van der Waals surface area contributed by atoms with Crippen LogP contribution < -0.4 is 5.32 Å². The van der Waals surface area contributed by atoms with Crippen LogP contribution in [0.15, 0.2) is 24.3 Å². The van der Waals surface area contributed by atoms with E-state index in [1.807, 2.05) is 0 Å². The minimum absolute atomic E-state index is 0.371. The van der Waals surface area contributed by atoms with Gasteiger partial charge in [0.2, 0.25) is 0 Å². The van der Waals surface area contributed by atoms with Crippen molar-refractivity contribution >= 4 is 0 Å². The number of rotatable bonds is 7. The van der Waals surface area contributed by atoms with Gasteiger partial charge in [0.1, 0.15) is 0 Å². The van der Waals surface area contributed by atoms with Crippen molar-refractivity contribution in [2.45, 2.75) is 64.0 Å². The van der Waals surface area contributed by atoms with Gasteiger partial charge in [-0.25, -0.2) is 0 Å². The second-order valence-electron chi connectivity index (χ2n) is 6.92. The number of likely N-dealkylation sites (N-methyl/N-ethyl adjacent to an activating group) is 1. The van der Waals surface area contributed by atoms with Crippen molar-refractivity contribution in [3.63, 3.8) is 0 Å². The fraction of sp³-hybridized carbons (Fsp3) is 0.684. The SMILES string of the molecule is CCCc1ccc(C(C)NCC2(N(C)C)CCCC2)cc1. The van der Waals surface area contributed by atoms with Crippen LogP contribution in [0.25, 0.3) is 0 Å². The van der Waals surface area contributed by atoms with Gasteiger partial charge < -0.3 is 10.2 Å². The molecule has 0 spiro atoms. The quantitative estimate of drug-likeness (QED) is 0.810. The Kier molecular flexibility index (Phi) is 5.83. The van der Waals surface area contributed by atoms with Gasteiger partial charge in [0.05, 0.1) is 0 Å². The maximum atomic E-state index is 3.77. The van der Waals surface area contributed by atoms with Crippen LogP contribution in [0.3, 0.4) is 0 Å². The van der Waals surface area contributed by atoms with Crippen LogP contribution in [0.1, 0.15) is 63.1 Å². The van der Waals surface area contributed by atoms with Gasteiger partial charge >= 0.3 is 0 Å². The molecule has 0 aliphatic heterocycles. The molecule has 1 aliphatic rings. The van der Waals surface area contributed by atoms with Gasteiger partial charge in [-0.1, -0.05) is 50.5 Å². The molecular formula is C19H32N2. The summed E-state index contributed by atoms with van der Waals surface area (Å²) in [5, 5.41) is 3.77. The molecule has 21 heavy (non-hydrogen) atoms. The maximum Gasteiger partial charge on any atom is 0.0328 e. The van der Waals surface area contributed by atoms with E-state index in [2.05, 4.69) is 62.4 Å². The van der Waals surface area contributed by atoms with E-state index in [4.69, 9.17) is 0 Å². The molecular weight excluding hydrogens is 256 g/mol. The zero-order valence-corrected chi connectivity index (χ0v) is 14.3. The highest BCUT2D eigenvalue weighted by atomic mass is 15.2. The van der Waals surface area contributed by atoms with Gasteiger partial charge in [-0.15, -0.1) is 0 Å². The Labute approximate surface area is 130 Å². The summed E-state index contributed by atoms with van der Waals surface area (Å²) in [6.07, 6.45) is 7.81. The number of nitrogens with zero attached hydrogens (tertiary/aromatic N) is 1. The third-order valence-electron chi connectivity index (χ3n) is 5.24. The summed E-state index contributed by atoms with van der Waals surface area (Å²) in [5.41, 5.74) is 3.23. The number of aryl methyl sites for hydroxylation is 1. The zero-order chi connectivity index (χ0) is 15.3. The summed E-state index contributed by atoms with van der Waals surface area (Å²) in [5.74, 6) is 0. The molecule has 1 fully saturated rings. The van der Waals surface area contributed by atoms with E-state index in [0.29, 0.717) is 11.6 Å². The second-order valence-corrected chi connectivity index (χ2v) is 6.92. The molecule has 0 bridgehead atoms. The van der Waals surface area contributed by atoms with E-state index >= 15 is 0 Å². The lowest BCUT2D eigenvalue weighted by Crippen LogP contribution is -2.50. The van der Waals surface area contributed by atoms with Crippen molar-refractivity contribution in [2.75, 3.05) is 20.6 Å². The largest absolute Gasteiger partial charge is 0.308 e. The minimum Gasteiger partial charge on any atom is -0.308 e. The summed E-state index contributed by atoms with van der Waals surface area (Å²) >= 11 is 0. The Morgan fingerprint density at radius 1 is 1.14 bits per heavy atom. The highest BCUT2D eigenvalue weighted by Gasteiger charge is 2.35. The molecule has 2 heteroatoms. The van der Waals surface area contributed by atoms with E-state index in [1.54, 1.807) is 0 Å². The minimum atomic E-state index is 0.371. The van der Waals surface area contributed by atoms with Crippen molar-refractivity contribution in [1.82, 2.24) is 10.2 Å². The predicted molar refractivity (Wildman–Crippen MR) is 91.7 cm³/mol. The highest BCUT2D eigenvalue weighted by Crippen LogP contribution is 2.33. The van der Waals surface area contributed by atoms with E-state index < -0.39 is 0 Å². The lowest BCUT2D eigenvalue weighted by Gasteiger charge is -2.37. The van der Waals surface area contributed by atoms with Crippen LogP contribution in [-0.2, 0) is 6.42 Å². The molecule has 1 aliphatic carbocycles. The van der Waals surface area contributed by atoms with Crippen LogP contribution >= 0.6 is 0 Å². The molecule has 0 aromatic heterocycles. The molecule has 1 unspecified atom stereocenters. The molecule has 0 saturated heterocycles. The molecule has 1 N–H and O–H groups in total. The second kappa shape index (κ2) is 7.42. The van der Waals surface area contributed by atoms with Gasteiger partial charge in [-0.05, 0) is 51.4 Å². The molecule has 0 heterocycles. The Bertz CT molecular complexity index is 416. The smallest absolute Gasteiger partial charge is 0.0328 e. The fourth-order valence-electron chi connectivity index (χ4n) is 3.54. The van der Waals surface area contributed by atoms with Crippen molar-refractivity contribution in [2.24, 2.45) is 0 Å². The Morgan fingerprint density at radius 2 is 1.76 bits per heavy atom. The first-order valence-corrected chi connectivity index (χ1v) is 8.57. The zero-order valence-electron chi connectivity index (χ0n) is 14.3. The first-order chi connectivity index (χ1) is 10.1. The van der Waals surface area contributed by atoms with Crippen molar-refractivity contribution in [3.05, 3.63) is 35.4 Å². The van der Waals surface area contributed by atoms with Crippen LogP contribution in [-0.4, -0.2) is 31.1 Å². The lowest BCUT2D eigenvalue weighted by molar-refractivity contribution is 0.150. The third kappa shape index (κ3) is 4.08. The topological polar surface area (TPSA) is 15.3 Å². The van der Waals surface area contributed by atoms with E-state index in [0.717, 1.165) is 6.54 Å².